The lowest BCUT2D eigenvalue weighted by molar-refractivity contribution is -0.133. The average Bonchev–Trinajstić information content (AvgIpc) is 3.09. The van der Waals surface area contributed by atoms with Crippen molar-refractivity contribution in [2.24, 2.45) is 5.92 Å². The van der Waals surface area contributed by atoms with Gasteiger partial charge < -0.3 is 15.1 Å². The molecule has 150 valence electrons. The molecule has 1 aromatic rings. The van der Waals surface area contributed by atoms with Gasteiger partial charge in [0.05, 0.1) is 6.04 Å². The topological polar surface area (TPSA) is 52.7 Å². The van der Waals surface area contributed by atoms with E-state index in [0.717, 1.165) is 12.0 Å². The Morgan fingerprint density at radius 1 is 1.11 bits per heavy atom. The number of benzene rings is 1. The van der Waals surface area contributed by atoms with Crippen molar-refractivity contribution in [3.63, 3.8) is 0 Å². The Morgan fingerprint density at radius 3 is 2.37 bits per heavy atom. The summed E-state index contributed by atoms with van der Waals surface area (Å²) in [6, 6.07) is 8.10. The number of nitrogens with one attached hydrogen (secondary N) is 1. The molecular formula is C21H32ClN3O2. The van der Waals surface area contributed by atoms with Gasteiger partial charge in [0.1, 0.15) is 0 Å². The minimum Gasteiger partial charge on any atom is -0.345 e. The normalized spacial score (nSPS) is 23.9. The summed E-state index contributed by atoms with van der Waals surface area (Å²) in [7, 11) is 3.50. The molecule has 0 radical (unpaired) electrons. The molecule has 2 fully saturated rings. The second-order valence-electron chi connectivity index (χ2n) is 7.85. The van der Waals surface area contributed by atoms with Crippen molar-refractivity contribution in [2.75, 3.05) is 20.6 Å². The molecule has 6 heteroatoms. The van der Waals surface area contributed by atoms with Crippen LogP contribution < -0.4 is 5.32 Å². The van der Waals surface area contributed by atoms with Gasteiger partial charge in [0.2, 0.25) is 5.91 Å². The number of carbonyl (C=O) groups is 2. The van der Waals surface area contributed by atoms with E-state index in [1.807, 2.05) is 36.1 Å². The zero-order chi connectivity index (χ0) is 18.7. The molecule has 5 nitrogen and oxygen atoms in total. The van der Waals surface area contributed by atoms with E-state index in [0.29, 0.717) is 30.6 Å². The number of halogens is 1. The summed E-state index contributed by atoms with van der Waals surface area (Å²) in [5, 5.41) is 3.59. The number of hydrogen-bond acceptors (Lipinski definition) is 3. The first-order chi connectivity index (χ1) is 12.5. The SMILES string of the molecule is CCN(Cc1ccc(C(=O)N(C)C)cc1)C(=O)C1CC2CCCCC2N1.Cl. The fourth-order valence-corrected chi connectivity index (χ4v) is 4.31. The fraction of sp³-hybridized carbons (Fsp3) is 0.619. The van der Waals surface area contributed by atoms with E-state index in [1.165, 1.54) is 25.7 Å². The molecule has 27 heavy (non-hydrogen) atoms. The number of fused-ring (bicyclic) bond motifs is 1. The lowest BCUT2D eigenvalue weighted by Gasteiger charge is -2.25. The first-order valence-electron chi connectivity index (χ1n) is 9.85. The molecule has 2 aliphatic rings. The Labute approximate surface area is 168 Å². The highest BCUT2D eigenvalue weighted by Gasteiger charge is 2.39. The summed E-state index contributed by atoms with van der Waals surface area (Å²) in [5.41, 5.74) is 1.74. The molecule has 1 saturated heterocycles. The molecule has 0 bridgehead atoms. The molecule has 3 rings (SSSR count). The van der Waals surface area contributed by atoms with Gasteiger partial charge in [0, 0.05) is 38.8 Å². The number of likely N-dealkylation sites (N-methyl/N-ethyl adjacent to an activating group) is 1. The van der Waals surface area contributed by atoms with E-state index in [4.69, 9.17) is 0 Å². The fourth-order valence-electron chi connectivity index (χ4n) is 4.31. The van der Waals surface area contributed by atoms with Crippen molar-refractivity contribution in [3.05, 3.63) is 35.4 Å². The summed E-state index contributed by atoms with van der Waals surface area (Å²) in [6.07, 6.45) is 6.04. The molecular weight excluding hydrogens is 362 g/mol. The van der Waals surface area contributed by atoms with Crippen molar-refractivity contribution in [2.45, 2.75) is 57.7 Å². The Bertz CT molecular complexity index is 633. The van der Waals surface area contributed by atoms with Crippen LogP contribution in [-0.2, 0) is 11.3 Å². The summed E-state index contributed by atoms with van der Waals surface area (Å²) < 4.78 is 0. The zero-order valence-corrected chi connectivity index (χ0v) is 17.4. The summed E-state index contributed by atoms with van der Waals surface area (Å²) >= 11 is 0. The van der Waals surface area contributed by atoms with E-state index >= 15 is 0 Å². The second kappa shape index (κ2) is 9.56. The van der Waals surface area contributed by atoms with Gasteiger partial charge in [-0.05, 0) is 49.8 Å². The van der Waals surface area contributed by atoms with Crippen molar-refractivity contribution in [1.29, 1.82) is 0 Å². The molecule has 1 saturated carbocycles. The van der Waals surface area contributed by atoms with Crippen LogP contribution in [0.25, 0.3) is 0 Å². The van der Waals surface area contributed by atoms with Crippen LogP contribution in [-0.4, -0.2) is 54.3 Å². The quantitative estimate of drug-likeness (QED) is 0.836. The van der Waals surface area contributed by atoms with Gasteiger partial charge in [0.15, 0.2) is 0 Å². The molecule has 2 amide bonds. The van der Waals surface area contributed by atoms with Crippen molar-refractivity contribution >= 4 is 24.2 Å². The van der Waals surface area contributed by atoms with Gasteiger partial charge >= 0.3 is 0 Å². The van der Waals surface area contributed by atoms with Crippen LogP contribution >= 0.6 is 12.4 Å². The Balaban J connectivity index is 0.00000261. The van der Waals surface area contributed by atoms with Crippen LogP contribution in [0.1, 0.15) is 54.9 Å². The van der Waals surface area contributed by atoms with E-state index in [1.54, 1.807) is 19.0 Å². The second-order valence-corrected chi connectivity index (χ2v) is 7.85. The highest BCUT2D eigenvalue weighted by molar-refractivity contribution is 5.93. The molecule has 3 unspecified atom stereocenters. The third-order valence-corrected chi connectivity index (χ3v) is 5.83. The number of nitrogens with zero attached hydrogens (tertiary/aromatic N) is 2. The van der Waals surface area contributed by atoms with Gasteiger partial charge in [-0.15, -0.1) is 12.4 Å². The van der Waals surface area contributed by atoms with E-state index < -0.39 is 0 Å². The Kier molecular flexibility index (Phi) is 7.68. The number of carbonyl (C=O) groups excluding carboxylic acids is 2. The summed E-state index contributed by atoms with van der Waals surface area (Å²) in [6.45, 7) is 3.33. The van der Waals surface area contributed by atoms with Crippen LogP contribution in [0.3, 0.4) is 0 Å². The van der Waals surface area contributed by atoms with E-state index in [9.17, 15) is 9.59 Å². The maximum atomic E-state index is 13.0. The standard InChI is InChI=1S/C21H31N3O2.ClH/c1-4-24(14-15-9-11-16(12-10-15)20(25)23(2)3)21(26)19-13-17-7-5-6-8-18(17)22-19;/h9-12,17-19,22H,4-8,13-14H2,1-3H3;1H. The first-order valence-corrected chi connectivity index (χ1v) is 9.85. The van der Waals surface area contributed by atoms with Crippen LogP contribution in [0.4, 0.5) is 0 Å². The number of hydrogen-bond donors (Lipinski definition) is 1. The molecule has 1 aliphatic carbocycles. The maximum absolute atomic E-state index is 13.0. The molecule has 3 atom stereocenters. The Hall–Kier alpha value is -1.59. The van der Waals surface area contributed by atoms with Gasteiger partial charge in [0.25, 0.3) is 5.91 Å². The molecule has 0 spiro atoms. The third-order valence-electron chi connectivity index (χ3n) is 5.83. The lowest BCUT2D eigenvalue weighted by atomic mass is 9.85. The predicted octanol–water partition coefficient (Wildman–Crippen LogP) is 3.08. The third kappa shape index (κ3) is 5.02. The van der Waals surface area contributed by atoms with Crippen LogP contribution in [0, 0.1) is 5.92 Å². The van der Waals surface area contributed by atoms with Crippen LogP contribution in [0.2, 0.25) is 0 Å². The predicted molar refractivity (Wildman–Crippen MR) is 110 cm³/mol. The van der Waals surface area contributed by atoms with Gasteiger partial charge in [-0.1, -0.05) is 25.0 Å². The summed E-state index contributed by atoms with van der Waals surface area (Å²) in [5.74, 6) is 0.890. The molecule has 1 heterocycles. The maximum Gasteiger partial charge on any atom is 0.253 e. The lowest BCUT2D eigenvalue weighted by Crippen LogP contribution is -2.45. The molecule has 1 N–H and O–H groups in total. The van der Waals surface area contributed by atoms with Crippen LogP contribution in [0.15, 0.2) is 24.3 Å². The van der Waals surface area contributed by atoms with Gasteiger partial charge in [-0.2, -0.15) is 0 Å². The van der Waals surface area contributed by atoms with Crippen LogP contribution in [0.5, 0.6) is 0 Å². The number of rotatable bonds is 5. The van der Waals surface area contributed by atoms with Crippen molar-refractivity contribution < 1.29 is 9.59 Å². The van der Waals surface area contributed by atoms with Crippen molar-refractivity contribution in [3.8, 4) is 0 Å². The Morgan fingerprint density at radius 2 is 1.78 bits per heavy atom. The van der Waals surface area contributed by atoms with Gasteiger partial charge in [-0.3, -0.25) is 9.59 Å². The highest BCUT2D eigenvalue weighted by atomic mass is 35.5. The van der Waals surface area contributed by atoms with Gasteiger partial charge in [-0.25, -0.2) is 0 Å². The van der Waals surface area contributed by atoms with E-state index in [-0.39, 0.29) is 30.3 Å². The monoisotopic (exact) mass is 393 g/mol. The minimum absolute atomic E-state index is 0. The molecule has 1 aromatic carbocycles. The van der Waals surface area contributed by atoms with Crippen molar-refractivity contribution in [1.82, 2.24) is 15.1 Å². The largest absolute Gasteiger partial charge is 0.345 e. The smallest absolute Gasteiger partial charge is 0.253 e. The average molecular weight is 394 g/mol. The number of amides is 2. The van der Waals surface area contributed by atoms with E-state index in [2.05, 4.69) is 5.32 Å². The molecule has 0 aromatic heterocycles. The minimum atomic E-state index is -0.0300. The first kappa shape index (κ1) is 21.7. The molecule has 1 aliphatic heterocycles. The summed E-state index contributed by atoms with van der Waals surface area (Å²) in [4.78, 5) is 28.5. The zero-order valence-electron chi connectivity index (χ0n) is 16.6. The highest BCUT2D eigenvalue weighted by Crippen LogP contribution is 2.33.